The summed E-state index contributed by atoms with van der Waals surface area (Å²) in [7, 11) is 0.432. The van der Waals surface area contributed by atoms with E-state index in [9.17, 15) is 8.42 Å². The zero-order chi connectivity index (χ0) is 15.5. The molecule has 0 spiro atoms. The molecule has 120 valence electrons. The topological polar surface area (TPSA) is 52.7 Å². The third kappa shape index (κ3) is 4.04. The van der Waals surface area contributed by atoms with Crippen LogP contribution in [0.2, 0.25) is 0 Å². The fraction of sp³-hybridized carbons (Fsp3) is 0.714. The van der Waals surface area contributed by atoms with Crippen LogP contribution in [0.3, 0.4) is 0 Å². The van der Waals surface area contributed by atoms with Crippen molar-refractivity contribution in [2.75, 3.05) is 33.7 Å². The van der Waals surface area contributed by atoms with Crippen molar-refractivity contribution in [2.45, 2.75) is 37.2 Å². The standard InChI is InChI=1S/C14H25N3O2S2/c1-4-15-10-13-9-14(11-20-13)21(18,19)17(3)12-5-7-16(2)8-6-12/h9,11-12,15H,4-8,10H2,1-3H3. The highest BCUT2D eigenvalue weighted by Crippen LogP contribution is 2.26. The molecule has 0 bridgehead atoms. The number of likely N-dealkylation sites (tertiary alicyclic amines) is 1. The summed E-state index contributed by atoms with van der Waals surface area (Å²) >= 11 is 1.50. The Hall–Kier alpha value is -0.470. The molecule has 1 fully saturated rings. The van der Waals surface area contributed by atoms with Crippen molar-refractivity contribution in [3.8, 4) is 0 Å². The molecule has 0 aliphatic carbocycles. The van der Waals surface area contributed by atoms with Crippen LogP contribution in [0.4, 0.5) is 0 Å². The second kappa shape index (κ2) is 7.19. The van der Waals surface area contributed by atoms with Gasteiger partial charge in [-0.05, 0) is 45.6 Å². The van der Waals surface area contributed by atoms with E-state index >= 15 is 0 Å². The molecule has 1 aromatic heterocycles. The summed E-state index contributed by atoms with van der Waals surface area (Å²) in [6.45, 7) is 5.57. The number of rotatable bonds is 6. The van der Waals surface area contributed by atoms with Gasteiger partial charge < -0.3 is 10.2 Å². The summed E-state index contributed by atoms with van der Waals surface area (Å²) in [6, 6.07) is 1.91. The Labute approximate surface area is 132 Å². The number of hydrogen-bond donors (Lipinski definition) is 1. The van der Waals surface area contributed by atoms with Gasteiger partial charge in [0.05, 0.1) is 4.90 Å². The van der Waals surface area contributed by atoms with E-state index in [1.54, 1.807) is 22.8 Å². The molecule has 0 amide bonds. The molecule has 0 radical (unpaired) electrons. The van der Waals surface area contributed by atoms with Gasteiger partial charge in [-0.1, -0.05) is 6.92 Å². The first-order valence-electron chi connectivity index (χ1n) is 7.40. The molecular formula is C14H25N3O2S2. The number of hydrogen-bond acceptors (Lipinski definition) is 5. The van der Waals surface area contributed by atoms with Gasteiger partial charge in [-0.15, -0.1) is 11.3 Å². The molecule has 2 heterocycles. The summed E-state index contributed by atoms with van der Waals surface area (Å²) in [5.74, 6) is 0. The van der Waals surface area contributed by atoms with Gasteiger partial charge >= 0.3 is 0 Å². The highest BCUT2D eigenvalue weighted by atomic mass is 32.2. The zero-order valence-electron chi connectivity index (χ0n) is 13.0. The van der Waals surface area contributed by atoms with Gasteiger partial charge in [-0.25, -0.2) is 8.42 Å². The Morgan fingerprint density at radius 3 is 2.71 bits per heavy atom. The Bertz CT molecular complexity index is 548. The van der Waals surface area contributed by atoms with Crippen LogP contribution in [-0.2, 0) is 16.6 Å². The Balaban J connectivity index is 2.07. The van der Waals surface area contributed by atoms with Crippen LogP contribution in [0.5, 0.6) is 0 Å². The molecule has 1 saturated heterocycles. The average Bonchev–Trinajstić information content (AvgIpc) is 2.94. The molecule has 1 N–H and O–H groups in total. The molecule has 0 saturated carbocycles. The minimum atomic E-state index is -3.36. The van der Waals surface area contributed by atoms with E-state index in [0.29, 0.717) is 4.90 Å². The van der Waals surface area contributed by atoms with E-state index < -0.39 is 10.0 Å². The van der Waals surface area contributed by atoms with Crippen molar-refractivity contribution in [1.29, 1.82) is 0 Å². The van der Waals surface area contributed by atoms with E-state index in [1.165, 1.54) is 11.3 Å². The second-order valence-electron chi connectivity index (χ2n) is 5.58. The van der Waals surface area contributed by atoms with Gasteiger partial charge in [0.15, 0.2) is 0 Å². The van der Waals surface area contributed by atoms with Crippen LogP contribution >= 0.6 is 11.3 Å². The predicted octanol–water partition coefficient (Wildman–Crippen LogP) is 1.57. The van der Waals surface area contributed by atoms with E-state index in [4.69, 9.17) is 0 Å². The zero-order valence-corrected chi connectivity index (χ0v) is 14.6. The highest BCUT2D eigenvalue weighted by molar-refractivity contribution is 7.89. The minimum absolute atomic E-state index is 0.114. The number of nitrogens with zero attached hydrogens (tertiary/aromatic N) is 2. The van der Waals surface area contributed by atoms with Crippen LogP contribution in [0, 0.1) is 0 Å². The lowest BCUT2D eigenvalue weighted by atomic mass is 10.1. The predicted molar refractivity (Wildman–Crippen MR) is 87.2 cm³/mol. The molecule has 2 rings (SSSR count). The van der Waals surface area contributed by atoms with Crippen molar-refractivity contribution in [1.82, 2.24) is 14.5 Å². The SMILES string of the molecule is CCNCc1cc(S(=O)(=O)N(C)C2CCN(C)CC2)cs1. The molecule has 0 aromatic carbocycles. The van der Waals surface area contributed by atoms with Crippen molar-refractivity contribution < 1.29 is 8.42 Å². The Morgan fingerprint density at radius 2 is 2.10 bits per heavy atom. The smallest absolute Gasteiger partial charge is 0.243 e. The number of thiophene rings is 1. The number of nitrogens with one attached hydrogen (secondary N) is 1. The van der Waals surface area contributed by atoms with Crippen LogP contribution < -0.4 is 5.32 Å². The van der Waals surface area contributed by atoms with Crippen molar-refractivity contribution in [3.05, 3.63) is 16.3 Å². The van der Waals surface area contributed by atoms with Gasteiger partial charge in [0.2, 0.25) is 10.0 Å². The van der Waals surface area contributed by atoms with Crippen molar-refractivity contribution in [3.63, 3.8) is 0 Å². The van der Waals surface area contributed by atoms with Crippen molar-refractivity contribution >= 4 is 21.4 Å². The third-order valence-electron chi connectivity index (χ3n) is 4.06. The van der Waals surface area contributed by atoms with E-state index in [0.717, 1.165) is 43.9 Å². The molecular weight excluding hydrogens is 306 g/mol. The lowest BCUT2D eigenvalue weighted by Gasteiger charge is -2.34. The molecule has 0 atom stereocenters. The van der Waals surface area contributed by atoms with Gasteiger partial charge in [-0.2, -0.15) is 4.31 Å². The fourth-order valence-corrected chi connectivity index (χ4v) is 5.21. The van der Waals surface area contributed by atoms with E-state index in [2.05, 4.69) is 17.3 Å². The summed E-state index contributed by atoms with van der Waals surface area (Å²) in [5, 5.41) is 4.98. The molecule has 1 aliphatic rings. The Kier molecular flexibility index (Phi) is 5.79. The lowest BCUT2D eigenvalue weighted by molar-refractivity contribution is 0.197. The molecule has 1 aliphatic heterocycles. The Morgan fingerprint density at radius 1 is 1.43 bits per heavy atom. The van der Waals surface area contributed by atoms with Gasteiger partial charge in [0, 0.05) is 29.9 Å². The normalized spacial score (nSPS) is 18.5. The monoisotopic (exact) mass is 331 g/mol. The van der Waals surface area contributed by atoms with Crippen LogP contribution in [0.1, 0.15) is 24.6 Å². The van der Waals surface area contributed by atoms with Gasteiger partial charge in [0.1, 0.15) is 0 Å². The summed E-state index contributed by atoms with van der Waals surface area (Å²) in [6.07, 6.45) is 1.81. The number of sulfonamides is 1. The number of piperidine rings is 1. The first kappa shape index (κ1) is 16.9. The molecule has 5 nitrogen and oxygen atoms in total. The quantitative estimate of drug-likeness (QED) is 0.860. The van der Waals surface area contributed by atoms with Gasteiger partial charge in [-0.3, -0.25) is 0 Å². The first-order chi connectivity index (χ1) is 9.95. The fourth-order valence-electron chi connectivity index (χ4n) is 2.56. The van der Waals surface area contributed by atoms with Crippen LogP contribution in [-0.4, -0.2) is 57.4 Å². The summed E-state index contributed by atoms with van der Waals surface area (Å²) in [4.78, 5) is 3.74. The third-order valence-corrected chi connectivity index (χ3v) is 7.03. The molecule has 7 heteroatoms. The maximum absolute atomic E-state index is 12.7. The van der Waals surface area contributed by atoms with Gasteiger partial charge in [0.25, 0.3) is 0 Å². The molecule has 21 heavy (non-hydrogen) atoms. The maximum Gasteiger partial charge on any atom is 0.243 e. The highest BCUT2D eigenvalue weighted by Gasteiger charge is 2.30. The van der Waals surface area contributed by atoms with E-state index in [-0.39, 0.29) is 6.04 Å². The first-order valence-corrected chi connectivity index (χ1v) is 9.71. The molecule has 0 unspecified atom stereocenters. The van der Waals surface area contributed by atoms with Crippen molar-refractivity contribution in [2.24, 2.45) is 0 Å². The summed E-state index contributed by atoms with van der Waals surface area (Å²) in [5.41, 5.74) is 0. The van der Waals surface area contributed by atoms with Crippen LogP contribution in [0.15, 0.2) is 16.3 Å². The molecule has 1 aromatic rings. The second-order valence-corrected chi connectivity index (χ2v) is 8.58. The van der Waals surface area contributed by atoms with E-state index in [1.807, 2.05) is 6.92 Å². The minimum Gasteiger partial charge on any atom is -0.312 e. The summed E-state index contributed by atoms with van der Waals surface area (Å²) < 4.78 is 27.0. The van der Waals surface area contributed by atoms with Crippen LogP contribution in [0.25, 0.3) is 0 Å². The largest absolute Gasteiger partial charge is 0.312 e. The average molecular weight is 332 g/mol. The maximum atomic E-state index is 12.7. The lowest BCUT2D eigenvalue weighted by Crippen LogP contribution is -2.44.